The van der Waals surface area contributed by atoms with Crippen molar-refractivity contribution in [1.29, 1.82) is 0 Å². The fourth-order valence-corrected chi connectivity index (χ4v) is 7.18. The summed E-state index contributed by atoms with van der Waals surface area (Å²) >= 11 is 1.52. The number of hydrogen-bond acceptors (Lipinski definition) is 8. The quantitative estimate of drug-likeness (QED) is 0.345. The molecule has 14 heteroatoms. The maximum atomic E-state index is 13.1. The summed E-state index contributed by atoms with van der Waals surface area (Å²) < 4.78 is 32.7. The highest BCUT2D eigenvalue weighted by atomic mass is 32.1. The van der Waals surface area contributed by atoms with E-state index in [0.717, 1.165) is 69.2 Å². The number of pyridine rings is 2. The third-order valence-electron chi connectivity index (χ3n) is 8.47. The molecule has 3 N–H and O–H groups in total. The van der Waals surface area contributed by atoms with Gasteiger partial charge in [0.05, 0.1) is 40.0 Å². The number of nitrogens with zero attached hydrogens (tertiary/aromatic N) is 3. The summed E-state index contributed by atoms with van der Waals surface area (Å²) in [7, 11) is 0. The molecule has 2 atom stereocenters. The number of aromatic nitrogens is 2. The predicted octanol–water partition coefficient (Wildman–Crippen LogP) is 4.69. The van der Waals surface area contributed by atoms with Gasteiger partial charge in [-0.05, 0) is 69.0 Å². The number of carbonyl (C=O) groups excluding carboxylic acids is 3. The summed E-state index contributed by atoms with van der Waals surface area (Å²) in [5.41, 5.74) is 4.73. The van der Waals surface area contributed by atoms with Crippen LogP contribution in [0.2, 0.25) is 0 Å². The van der Waals surface area contributed by atoms with Crippen LogP contribution in [-0.4, -0.2) is 62.9 Å². The fourth-order valence-electron chi connectivity index (χ4n) is 6.07. The van der Waals surface area contributed by atoms with E-state index in [1.807, 2.05) is 45.9 Å². The lowest BCUT2D eigenvalue weighted by Crippen LogP contribution is -2.35. The molecule has 2 aliphatic heterocycles. The highest BCUT2D eigenvalue weighted by Gasteiger charge is 2.72. The number of thiophene rings is 1. The number of anilines is 1. The number of carbonyl (C=O) groups is 4. The highest BCUT2D eigenvalue weighted by molar-refractivity contribution is 7.19. The van der Waals surface area contributed by atoms with Crippen LogP contribution in [0, 0.1) is 37.0 Å². The van der Waals surface area contributed by atoms with Crippen molar-refractivity contribution < 1.29 is 37.5 Å². The number of carboxylic acid groups (broad SMARTS) is 1. The number of imide groups is 1. The van der Waals surface area contributed by atoms with Crippen molar-refractivity contribution >= 4 is 50.9 Å². The van der Waals surface area contributed by atoms with Crippen LogP contribution in [-0.2, 0) is 25.7 Å². The number of piperidine rings is 2. The van der Waals surface area contributed by atoms with E-state index in [1.54, 1.807) is 6.20 Å². The van der Waals surface area contributed by atoms with Crippen LogP contribution in [0.25, 0.3) is 21.5 Å². The first kappa shape index (κ1) is 31.5. The Labute approximate surface area is 255 Å². The number of nitrogens with one attached hydrogen (secondary N) is 2. The molecule has 44 heavy (non-hydrogen) atoms. The van der Waals surface area contributed by atoms with E-state index < -0.39 is 12.1 Å². The lowest BCUT2D eigenvalue weighted by Gasteiger charge is -2.23. The third-order valence-corrected chi connectivity index (χ3v) is 9.61. The van der Waals surface area contributed by atoms with Crippen LogP contribution < -0.4 is 10.6 Å². The molecule has 1 aliphatic carbocycles. The van der Waals surface area contributed by atoms with Gasteiger partial charge in [-0.2, -0.15) is 13.2 Å². The van der Waals surface area contributed by atoms with Gasteiger partial charge in [-0.1, -0.05) is 13.8 Å². The van der Waals surface area contributed by atoms with Crippen molar-refractivity contribution in [2.75, 3.05) is 18.4 Å². The van der Waals surface area contributed by atoms with Gasteiger partial charge in [-0.25, -0.2) is 4.79 Å². The molecule has 5 heterocycles. The van der Waals surface area contributed by atoms with Gasteiger partial charge < -0.3 is 15.7 Å². The van der Waals surface area contributed by atoms with Crippen LogP contribution in [0.1, 0.15) is 42.8 Å². The van der Waals surface area contributed by atoms with E-state index in [9.17, 15) is 27.6 Å². The maximum Gasteiger partial charge on any atom is 0.490 e. The van der Waals surface area contributed by atoms with Crippen LogP contribution in [0.15, 0.2) is 24.4 Å². The largest absolute Gasteiger partial charge is 0.490 e. The first-order valence-corrected chi connectivity index (χ1v) is 15.0. The van der Waals surface area contributed by atoms with Crippen molar-refractivity contribution in [2.45, 2.75) is 53.3 Å². The normalized spacial score (nSPS) is 21.1. The predicted molar refractivity (Wildman–Crippen MR) is 157 cm³/mol. The number of alkyl halides is 3. The molecule has 3 aliphatic rings. The Morgan fingerprint density at radius 1 is 1.14 bits per heavy atom. The summed E-state index contributed by atoms with van der Waals surface area (Å²) in [4.78, 5) is 59.5. The molecule has 2 saturated heterocycles. The Hall–Kier alpha value is -3.91. The molecule has 3 aromatic rings. The third kappa shape index (κ3) is 5.92. The summed E-state index contributed by atoms with van der Waals surface area (Å²) in [6.45, 7) is 9.88. The summed E-state index contributed by atoms with van der Waals surface area (Å²) in [6, 6.07) is 5.86. The van der Waals surface area contributed by atoms with Gasteiger partial charge in [0.1, 0.15) is 0 Å². The minimum atomic E-state index is -5.08. The van der Waals surface area contributed by atoms with Gasteiger partial charge >= 0.3 is 12.1 Å². The molecular formula is C30H32F3N5O5S. The van der Waals surface area contributed by atoms with Crippen LogP contribution in [0.3, 0.4) is 0 Å². The molecule has 3 aromatic heterocycles. The van der Waals surface area contributed by atoms with E-state index in [0.29, 0.717) is 0 Å². The van der Waals surface area contributed by atoms with E-state index in [2.05, 4.69) is 15.6 Å². The zero-order valence-electron chi connectivity index (χ0n) is 24.5. The molecule has 3 fully saturated rings. The molecule has 0 aromatic carbocycles. The number of hydrogen-bond donors (Lipinski definition) is 3. The minimum absolute atomic E-state index is 0.0210. The van der Waals surface area contributed by atoms with Crippen LogP contribution >= 0.6 is 11.3 Å². The minimum Gasteiger partial charge on any atom is -0.475 e. The van der Waals surface area contributed by atoms with Crippen LogP contribution in [0.4, 0.5) is 18.9 Å². The van der Waals surface area contributed by atoms with Gasteiger partial charge in [0.2, 0.25) is 17.7 Å². The Balaban J connectivity index is 0.000000493. The SMILES string of the molecule is Cc1cc(C)c(NC(=O)C2CCNCC2)c(-c2ccnc3cc(CN4C(=O)C5C(C4=O)C5(C)C)sc23)n1.O=C(O)C(F)(F)F. The Morgan fingerprint density at radius 3 is 2.34 bits per heavy atom. The summed E-state index contributed by atoms with van der Waals surface area (Å²) in [6.07, 6.45) is -1.70. The molecule has 0 spiro atoms. The zero-order valence-corrected chi connectivity index (χ0v) is 25.4. The number of likely N-dealkylation sites (tertiary alicyclic amines) is 1. The monoisotopic (exact) mass is 631 g/mol. The number of rotatable bonds is 5. The second-order valence-corrected chi connectivity index (χ2v) is 13.1. The first-order valence-electron chi connectivity index (χ1n) is 14.1. The molecule has 10 nitrogen and oxygen atoms in total. The standard InChI is InChI=1S/C28H31N5O3S.C2HF3O2/c1-14-11-15(2)31-23(22(14)32-25(34)16-5-8-29-9-6-16)18-7-10-30-19-12-17(37-24(18)19)13-33-26(35)20-21(27(33)36)28(20,3)4;3-2(4,5)1(6)7/h7,10-12,16,20-21,29H,5-6,8-9,13H2,1-4H3,(H,32,34);(H,6,7). The Morgan fingerprint density at radius 2 is 1.75 bits per heavy atom. The smallest absolute Gasteiger partial charge is 0.475 e. The van der Waals surface area contributed by atoms with E-state index in [-0.39, 0.29) is 47.4 Å². The summed E-state index contributed by atoms with van der Waals surface area (Å²) in [5.74, 6) is -3.25. The number of aryl methyl sites for hydroxylation is 2. The van der Waals surface area contributed by atoms with E-state index in [1.165, 1.54) is 16.2 Å². The topological polar surface area (TPSA) is 142 Å². The van der Waals surface area contributed by atoms with Crippen molar-refractivity contribution in [3.63, 3.8) is 0 Å². The number of aliphatic carboxylic acids is 1. The van der Waals surface area contributed by atoms with Gasteiger partial charge in [0.15, 0.2) is 0 Å². The van der Waals surface area contributed by atoms with Gasteiger partial charge in [0, 0.05) is 28.2 Å². The first-order chi connectivity index (χ1) is 20.6. The number of fused-ring (bicyclic) bond motifs is 2. The Bertz CT molecular complexity index is 1640. The lowest BCUT2D eigenvalue weighted by atomic mass is 9.96. The van der Waals surface area contributed by atoms with Crippen molar-refractivity contribution in [2.24, 2.45) is 23.2 Å². The van der Waals surface area contributed by atoms with Crippen LogP contribution in [0.5, 0.6) is 0 Å². The molecule has 234 valence electrons. The molecule has 2 unspecified atom stereocenters. The number of amides is 3. The highest BCUT2D eigenvalue weighted by Crippen LogP contribution is 2.63. The zero-order chi connectivity index (χ0) is 32.1. The van der Waals surface area contributed by atoms with Crippen molar-refractivity contribution in [1.82, 2.24) is 20.2 Å². The van der Waals surface area contributed by atoms with Gasteiger partial charge in [-0.3, -0.25) is 29.3 Å². The van der Waals surface area contributed by atoms with Gasteiger partial charge in [-0.15, -0.1) is 11.3 Å². The summed E-state index contributed by atoms with van der Waals surface area (Å²) in [5, 5.41) is 13.6. The second kappa shape index (κ2) is 11.5. The molecular weight excluding hydrogens is 599 g/mol. The van der Waals surface area contributed by atoms with E-state index in [4.69, 9.17) is 14.9 Å². The molecule has 3 amide bonds. The van der Waals surface area contributed by atoms with Gasteiger partial charge in [0.25, 0.3) is 0 Å². The average Bonchev–Trinajstić information content (AvgIpc) is 3.19. The Kier molecular flexibility index (Phi) is 8.27. The average molecular weight is 632 g/mol. The molecule has 6 rings (SSSR count). The molecule has 1 saturated carbocycles. The van der Waals surface area contributed by atoms with Crippen molar-refractivity contribution in [3.05, 3.63) is 40.5 Å². The molecule has 0 radical (unpaired) electrons. The van der Waals surface area contributed by atoms with E-state index >= 15 is 0 Å². The van der Waals surface area contributed by atoms with Crippen molar-refractivity contribution in [3.8, 4) is 11.3 Å². The fraction of sp³-hybridized carbons (Fsp3) is 0.467. The molecule has 0 bridgehead atoms. The lowest BCUT2D eigenvalue weighted by molar-refractivity contribution is -0.192. The maximum absolute atomic E-state index is 13.1. The number of carboxylic acids is 1. The second-order valence-electron chi connectivity index (χ2n) is 11.9. The number of halogens is 3.